The van der Waals surface area contributed by atoms with Gasteiger partial charge < -0.3 is 10.2 Å². The second-order valence-electron chi connectivity index (χ2n) is 4.74. The molecule has 2 N–H and O–H groups in total. The number of hydrogen-bond acceptors (Lipinski definition) is 4. The van der Waals surface area contributed by atoms with Crippen LogP contribution in [0.3, 0.4) is 0 Å². The summed E-state index contributed by atoms with van der Waals surface area (Å²) in [6.45, 7) is 6.16. The summed E-state index contributed by atoms with van der Waals surface area (Å²) in [5.74, 6) is -0.488. The molecule has 1 aliphatic heterocycles. The molecule has 0 aliphatic carbocycles. The van der Waals surface area contributed by atoms with Crippen molar-refractivity contribution in [2.75, 3.05) is 24.5 Å². The van der Waals surface area contributed by atoms with Crippen LogP contribution in [0.2, 0.25) is 0 Å². The van der Waals surface area contributed by atoms with Crippen molar-refractivity contribution < 1.29 is 9.59 Å². The molecule has 2 amide bonds. The maximum Gasteiger partial charge on any atom is 0.246 e. The molecule has 102 valence electrons. The minimum absolute atomic E-state index is 0.230. The number of carbonyl (C=O) groups excluding carboxylic acids is 2. The van der Waals surface area contributed by atoms with Gasteiger partial charge in [-0.05, 0) is 25.1 Å². The molecule has 1 aromatic rings. The van der Waals surface area contributed by atoms with Gasteiger partial charge in [0.15, 0.2) is 0 Å². The lowest BCUT2D eigenvalue weighted by Gasteiger charge is -2.29. The van der Waals surface area contributed by atoms with Crippen LogP contribution in [0.4, 0.5) is 5.69 Å². The molecule has 5 nitrogen and oxygen atoms in total. The van der Waals surface area contributed by atoms with Crippen LogP contribution in [-0.2, 0) is 16.1 Å². The molecule has 1 heterocycles. The Morgan fingerprint density at radius 2 is 1.95 bits per heavy atom. The third-order valence-corrected chi connectivity index (χ3v) is 3.09. The number of anilines is 1. The molecule has 2 rings (SSSR count). The molecule has 0 unspecified atom stereocenters. The quantitative estimate of drug-likeness (QED) is 0.778. The number of nitrogens with one attached hydrogen (secondary N) is 2. The number of imide groups is 1. The predicted octanol–water partition coefficient (Wildman–Crippen LogP) is 0.567. The Morgan fingerprint density at radius 3 is 2.58 bits per heavy atom. The first-order valence-electron chi connectivity index (χ1n) is 6.48. The molecule has 19 heavy (non-hydrogen) atoms. The van der Waals surface area contributed by atoms with Crippen LogP contribution in [0.5, 0.6) is 0 Å². The Bertz CT molecular complexity index is 483. The fraction of sp³-hybridized carbons (Fsp3) is 0.429. The van der Waals surface area contributed by atoms with E-state index >= 15 is 0 Å². The molecule has 0 bridgehead atoms. The molecular formula is C14H19N3O2. The smallest absolute Gasteiger partial charge is 0.246 e. The second kappa shape index (κ2) is 5.84. The largest absolute Gasteiger partial charge is 0.353 e. The number of hydrogen-bond donors (Lipinski definition) is 2. The Kier molecular flexibility index (Phi) is 4.16. The van der Waals surface area contributed by atoms with Gasteiger partial charge in [-0.2, -0.15) is 0 Å². The van der Waals surface area contributed by atoms with Crippen molar-refractivity contribution in [1.82, 2.24) is 10.6 Å². The average Bonchev–Trinajstić information content (AvgIpc) is 2.35. The maximum atomic E-state index is 11.5. The Hall–Kier alpha value is -1.88. The summed E-state index contributed by atoms with van der Waals surface area (Å²) >= 11 is 0. The van der Waals surface area contributed by atoms with E-state index in [9.17, 15) is 9.59 Å². The third-order valence-electron chi connectivity index (χ3n) is 3.09. The maximum absolute atomic E-state index is 11.5. The van der Waals surface area contributed by atoms with Crippen LogP contribution < -0.4 is 15.5 Å². The molecule has 0 radical (unpaired) electrons. The lowest BCUT2D eigenvalue weighted by atomic mass is 10.1. The summed E-state index contributed by atoms with van der Waals surface area (Å²) in [6, 6.07) is 6.07. The lowest BCUT2D eigenvalue weighted by Crippen LogP contribution is -2.51. The van der Waals surface area contributed by atoms with E-state index in [1.807, 2.05) is 30.9 Å². The topological polar surface area (TPSA) is 61.4 Å². The summed E-state index contributed by atoms with van der Waals surface area (Å²) < 4.78 is 0. The average molecular weight is 261 g/mol. The van der Waals surface area contributed by atoms with Crippen molar-refractivity contribution >= 4 is 17.5 Å². The monoisotopic (exact) mass is 261 g/mol. The fourth-order valence-corrected chi connectivity index (χ4v) is 2.23. The van der Waals surface area contributed by atoms with Gasteiger partial charge >= 0.3 is 0 Å². The summed E-state index contributed by atoms with van der Waals surface area (Å²) in [5.41, 5.74) is 3.24. The number of nitrogens with zero attached hydrogens (tertiary/aromatic N) is 1. The molecule has 1 saturated heterocycles. The Labute approximate surface area is 113 Å². The van der Waals surface area contributed by atoms with E-state index in [1.165, 1.54) is 5.56 Å². The van der Waals surface area contributed by atoms with E-state index in [0.29, 0.717) is 0 Å². The molecule has 0 saturated carbocycles. The zero-order valence-corrected chi connectivity index (χ0v) is 11.3. The van der Waals surface area contributed by atoms with Crippen molar-refractivity contribution in [3.63, 3.8) is 0 Å². The molecule has 1 aromatic carbocycles. The van der Waals surface area contributed by atoms with Crippen molar-refractivity contribution in [3.8, 4) is 0 Å². The van der Waals surface area contributed by atoms with Crippen molar-refractivity contribution in [2.24, 2.45) is 0 Å². The highest BCUT2D eigenvalue weighted by Gasteiger charge is 2.24. The predicted molar refractivity (Wildman–Crippen MR) is 73.9 cm³/mol. The Morgan fingerprint density at radius 1 is 1.26 bits per heavy atom. The van der Waals surface area contributed by atoms with Crippen LogP contribution in [0.25, 0.3) is 0 Å². The Balaban J connectivity index is 2.27. The van der Waals surface area contributed by atoms with Gasteiger partial charge in [-0.25, -0.2) is 0 Å². The van der Waals surface area contributed by atoms with Crippen LogP contribution >= 0.6 is 0 Å². The first-order chi connectivity index (χ1) is 9.10. The molecule has 0 aromatic heterocycles. The molecule has 1 fully saturated rings. The molecule has 5 heteroatoms. The normalized spacial score (nSPS) is 15.6. The standard InChI is InChI=1S/C14H19N3O2/c1-3-15-7-11-6-10(2)4-5-12(11)17-8-13(18)16-14(19)9-17/h4-6,15H,3,7-9H2,1-2H3,(H,16,18,19). The minimum atomic E-state index is -0.244. The van der Waals surface area contributed by atoms with E-state index < -0.39 is 0 Å². The van der Waals surface area contributed by atoms with Gasteiger partial charge in [-0.15, -0.1) is 0 Å². The second-order valence-corrected chi connectivity index (χ2v) is 4.74. The summed E-state index contributed by atoms with van der Waals surface area (Å²) in [6.07, 6.45) is 0. The van der Waals surface area contributed by atoms with E-state index in [1.54, 1.807) is 0 Å². The summed E-state index contributed by atoms with van der Waals surface area (Å²) in [4.78, 5) is 24.7. The van der Waals surface area contributed by atoms with Crippen LogP contribution in [0.15, 0.2) is 18.2 Å². The minimum Gasteiger partial charge on any atom is -0.353 e. The first kappa shape index (κ1) is 13.5. The van der Waals surface area contributed by atoms with Gasteiger partial charge in [0.2, 0.25) is 11.8 Å². The number of aryl methyl sites for hydroxylation is 1. The summed E-state index contributed by atoms with van der Waals surface area (Å²) in [5, 5.41) is 5.60. The van der Waals surface area contributed by atoms with Crippen molar-refractivity contribution in [1.29, 1.82) is 0 Å². The zero-order chi connectivity index (χ0) is 13.8. The van der Waals surface area contributed by atoms with E-state index in [2.05, 4.69) is 16.7 Å². The van der Waals surface area contributed by atoms with Gasteiger partial charge in [0, 0.05) is 12.2 Å². The third kappa shape index (κ3) is 3.32. The van der Waals surface area contributed by atoms with Crippen LogP contribution in [0.1, 0.15) is 18.1 Å². The molecule has 1 aliphatic rings. The lowest BCUT2D eigenvalue weighted by molar-refractivity contribution is -0.130. The van der Waals surface area contributed by atoms with Gasteiger partial charge in [0.05, 0.1) is 13.1 Å². The fourth-order valence-electron chi connectivity index (χ4n) is 2.23. The van der Waals surface area contributed by atoms with Crippen LogP contribution in [0, 0.1) is 6.92 Å². The zero-order valence-electron chi connectivity index (χ0n) is 11.3. The number of carbonyl (C=O) groups is 2. The van der Waals surface area contributed by atoms with E-state index in [-0.39, 0.29) is 24.9 Å². The number of amides is 2. The van der Waals surface area contributed by atoms with Crippen LogP contribution in [-0.4, -0.2) is 31.4 Å². The van der Waals surface area contributed by atoms with Gasteiger partial charge in [0.25, 0.3) is 0 Å². The number of piperazine rings is 1. The number of benzene rings is 1. The van der Waals surface area contributed by atoms with Gasteiger partial charge in [-0.3, -0.25) is 14.9 Å². The summed E-state index contributed by atoms with van der Waals surface area (Å²) in [7, 11) is 0. The molecule has 0 spiro atoms. The van der Waals surface area contributed by atoms with Crippen molar-refractivity contribution in [2.45, 2.75) is 20.4 Å². The highest BCUT2D eigenvalue weighted by molar-refractivity contribution is 6.02. The first-order valence-corrected chi connectivity index (χ1v) is 6.48. The number of rotatable bonds is 4. The van der Waals surface area contributed by atoms with E-state index in [0.717, 1.165) is 24.3 Å². The highest BCUT2D eigenvalue weighted by atomic mass is 16.2. The SMILES string of the molecule is CCNCc1cc(C)ccc1N1CC(=O)NC(=O)C1. The van der Waals surface area contributed by atoms with Gasteiger partial charge in [0.1, 0.15) is 0 Å². The van der Waals surface area contributed by atoms with Gasteiger partial charge in [-0.1, -0.05) is 24.6 Å². The highest BCUT2D eigenvalue weighted by Crippen LogP contribution is 2.22. The van der Waals surface area contributed by atoms with E-state index in [4.69, 9.17) is 0 Å². The molecule has 0 atom stereocenters. The van der Waals surface area contributed by atoms with Crippen molar-refractivity contribution in [3.05, 3.63) is 29.3 Å². The molecular weight excluding hydrogens is 242 g/mol.